The van der Waals surface area contributed by atoms with Gasteiger partial charge >= 0.3 is 0 Å². The molecule has 0 saturated heterocycles. The van der Waals surface area contributed by atoms with Gasteiger partial charge in [-0.1, -0.05) is 36.4 Å². The number of para-hydroxylation sites is 1. The lowest BCUT2D eigenvalue weighted by Gasteiger charge is -2.16. The van der Waals surface area contributed by atoms with E-state index in [9.17, 15) is 9.59 Å². The Morgan fingerprint density at radius 3 is 2.60 bits per heavy atom. The zero-order valence-corrected chi connectivity index (χ0v) is 14.3. The molecule has 3 aromatic rings. The van der Waals surface area contributed by atoms with Crippen LogP contribution in [0.3, 0.4) is 0 Å². The Morgan fingerprint density at radius 2 is 1.88 bits per heavy atom. The molecule has 1 heterocycles. The number of ether oxygens (including phenoxy) is 1. The van der Waals surface area contributed by atoms with Crippen molar-refractivity contribution < 1.29 is 9.53 Å². The molecule has 5 heteroatoms. The number of rotatable bonds is 5. The molecular weight excluding hydrogens is 316 g/mol. The van der Waals surface area contributed by atoms with Crippen LogP contribution in [-0.4, -0.2) is 17.6 Å². The van der Waals surface area contributed by atoms with Crippen molar-refractivity contribution in [1.29, 1.82) is 0 Å². The van der Waals surface area contributed by atoms with Crippen LogP contribution in [0.2, 0.25) is 0 Å². The van der Waals surface area contributed by atoms with E-state index >= 15 is 0 Å². The van der Waals surface area contributed by atoms with Crippen LogP contribution in [0.25, 0.3) is 10.9 Å². The summed E-state index contributed by atoms with van der Waals surface area (Å²) in [5.41, 5.74) is 2.32. The molecule has 0 fully saturated rings. The predicted molar refractivity (Wildman–Crippen MR) is 97.8 cm³/mol. The molecule has 2 aromatic carbocycles. The van der Waals surface area contributed by atoms with Gasteiger partial charge in [0.25, 0.3) is 0 Å². The second kappa shape index (κ2) is 7.21. The van der Waals surface area contributed by atoms with Crippen molar-refractivity contribution in [1.82, 2.24) is 9.88 Å². The number of hydrogen-bond acceptors (Lipinski definition) is 3. The molecule has 0 aliphatic rings. The summed E-state index contributed by atoms with van der Waals surface area (Å²) < 4.78 is 7.21. The van der Waals surface area contributed by atoms with Gasteiger partial charge in [-0.05, 0) is 24.6 Å². The van der Waals surface area contributed by atoms with Gasteiger partial charge in [0.05, 0.1) is 12.6 Å². The highest BCUT2D eigenvalue weighted by Crippen LogP contribution is 2.24. The van der Waals surface area contributed by atoms with Crippen molar-refractivity contribution in [2.45, 2.75) is 20.0 Å². The number of pyridine rings is 1. The number of methoxy groups -OCH3 is 1. The van der Waals surface area contributed by atoms with Gasteiger partial charge < -0.3 is 14.6 Å². The SMILES string of the molecule is COc1cccc2c(=O)cc(C)n(CC(=O)NCc3ccccc3)c12. The van der Waals surface area contributed by atoms with Crippen LogP contribution in [0.1, 0.15) is 11.3 Å². The van der Waals surface area contributed by atoms with Crippen LogP contribution in [-0.2, 0) is 17.9 Å². The average molecular weight is 336 g/mol. The molecular formula is C20H20N2O3. The van der Waals surface area contributed by atoms with E-state index in [0.29, 0.717) is 23.2 Å². The fourth-order valence-electron chi connectivity index (χ4n) is 2.89. The smallest absolute Gasteiger partial charge is 0.240 e. The molecule has 0 bridgehead atoms. The molecule has 3 rings (SSSR count). The number of hydrogen-bond donors (Lipinski definition) is 1. The number of nitrogens with zero attached hydrogens (tertiary/aromatic N) is 1. The molecule has 1 aromatic heterocycles. The summed E-state index contributed by atoms with van der Waals surface area (Å²) in [5.74, 6) is 0.456. The molecule has 0 spiro atoms. The Bertz CT molecular complexity index is 962. The summed E-state index contributed by atoms with van der Waals surface area (Å²) >= 11 is 0. The van der Waals surface area contributed by atoms with E-state index in [1.54, 1.807) is 31.4 Å². The van der Waals surface area contributed by atoms with Crippen LogP contribution < -0.4 is 15.5 Å². The highest BCUT2D eigenvalue weighted by atomic mass is 16.5. The van der Waals surface area contributed by atoms with Crippen molar-refractivity contribution in [3.05, 3.63) is 76.1 Å². The van der Waals surface area contributed by atoms with Crippen LogP contribution in [0.15, 0.2) is 59.4 Å². The van der Waals surface area contributed by atoms with Gasteiger partial charge in [0, 0.05) is 23.7 Å². The van der Waals surface area contributed by atoms with E-state index in [1.807, 2.05) is 41.8 Å². The van der Waals surface area contributed by atoms with Crippen LogP contribution >= 0.6 is 0 Å². The van der Waals surface area contributed by atoms with Crippen LogP contribution in [0, 0.1) is 6.92 Å². The molecule has 0 saturated carbocycles. The summed E-state index contributed by atoms with van der Waals surface area (Å²) in [6.45, 7) is 2.40. The van der Waals surface area contributed by atoms with Crippen LogP contribution in [0.5, 0.6) is 5.75 Å². The Morgan fingerprint density at radius 1 is 1.12 bits per heavy atom. The maximum atomic E-state index is 12.4. The van der Waals surface area contributed by atoms with Crippen molar-refractivity contribution in [3.63, 3.8) is 0 Å². The minimum Gasteiger partial charge on any atom is -0.495 e. The van der Waals surface area contributed by atoms with Crippen molar-refractivity contribution in [2.24, 2.45) is 0 Å². The van der Waals surface area contributed by atoms with Gasteiger partial charge in [-0.3, -0.25) is 9.59 Å². The summed E-state index contributed by atoms with van der Waals surface area (Å²) in [6, 6.07) is 16.6. The maximum absolute atomic E-state index is 12.4. The van der Waals surface area contributed by atoms with E-state index in [0.717, 1.165) is 11.3 Å². The normalized spacial score (nSPS) is 10.6. The Hall–Kier alpha value is -3.08. The molecule has 0 aliphatic heterocycles. The first-order chi connectivity index (χ1) is 12.1. The monoisotopic (exact) mass is 336 g/mol. The molecule has 0 aliphatic carbocycles. The molecule has 0 unspecified atom stereocenters. The van der Waals surface area contributed by atoms with Gasteiger partial charge in [-0.15, -0.1) is 0 Å². The molecule has 1 amide bonds. The zero-order chi connectivity index (χ0) is 17.8. The standard InChI is InChI=1S/C20H20N2O3/c1-14-11-17(23)16-9-6-10-18(25-2)20(16)22(14)13-19(24)21-12-15-7-4-3-5-8-15/h3-11H,12-13H2,1-2H3,(H,21,24). The van der Waals surface area contributed by atoms with Gasteiger partial charge in [-0.2, -0.15) is 0 Å². The summed E-state index contributed by atoms with van der Waals surface area (Å²) in [7, 11) is 1.56. The largest absolute Gasteiger partial charge is 0.495 e. The number of amides is 1. The third-order valence-corrected chi connectivity index (χ3v) is 4.15. The quantitative estimate of drug-likeness (QED) is 0.779. The van der Waals surface area contributed by atoms with Crippen molar-refractivity contribution >= 4 is 16.8 Å². The van der Waals surface area contributed by atoms with Gasteiger partial charge in [0.15, 0.2) is 5.43 Å². The zero-order valence-electron chi connectivity index (χ0n) is 14.3. The lowest BCUT2D eigenvalue weighted by molar-refractivity contribution is -0.121. The number of aromatic nitrogens is 1. The molecule has 128 valence electrons. The average Bonchev–Trinajstić information content (AvgIpc) is 2.63. The summed E-state index contributed by atoms with van der Waals surface area (Å²) in [5, 5.41) is 3.46. The number of carbonyl (C=O) groups excluding carboxylic acids is 1. The Balaban J connectivity index is 1.90. The molecule has 25 heavy (non-hydrogen) atoms. The fraction of sp³-hybridized carbons (Fsp3) is 0.200. The van der Waals surface area contributed by atoms with Gasteiger partial charge in [0.1, 0.15) is 12.3 Å². The summed E-state index contributed by atoms with van der Waals surface area (Å²) in [6.07, 6.45) is 0. The molecule has 1 N–H and O–H groups in total. The lowest BCUT2D eigenvalue weighted by Crippen LogP contribution is -2.28. The van der Waals surface area contributed by atoms with Gasteiger partial charge in [-0.25, -0.2) is 0 Å². The van der Waals surface area contributed by atoms with E-state index < -0.39 is 0 Å². The lowest BCUT2D eigenvalue weighted by atomic mass is 10.1. The molecule has 0 atom stereocenters. The minimum absolute atomic E-state index is 0.0765. The number of nitrogens with one attached hydrogen (secondary N) is 1. The van der Waals surface area contributed by atoms with E-state index in [1.165, 1.54) is 0 Å². The summed E-state index contributed by atoms with van der Waals surface area (Å²) in [4.78, 5) is 24.7. The number of benzene rings is 2. The maximum Gasteiger partial charge on any atom is 0.240 e. The highest BCUT2D eigenvalue weighted by Gasteiger charge is 2.13. The third-order valence-electron chi connectivity index (χ3n) is 4.15. The second-order valence-corrected chi connectivity index (χ2v) is 5.85. The number of aryl methyl sites for hydroxylation is 1. The third kappa shape index (κ3) is 3.55. The number of carbonyl (C=O) groups is 1. The molecule has 0 radical (unpaired) electrons. The Kier molecular flexibility index (Phi) is 4.84. The van der Waals surface area contributed by atoms with E-state index in [2.05, 4.69) is 5.32 Å². The molecule has 5 nitrogen and oxygen atoms in total. The fourth-order valence-corrected chi connectivity index (χ4v) is 2.89. The predicted octanol–water partition coefficient (Wildman–Crippen LogP) is 2.63. The van der Waals surface area contributed by atoms with E-state index in [4.69, 9.17) is 4.74 Å². The second-order valence-electron chi connectivity index (χ2n) is 5.85. The van der Waals surface area contributed by atoms with Crippen LogP contribution in [0.4, 0.5) is 0 Å². The van der Waals surface area contributed by atoms with Crippen molar-refractivity contribution in [3.8, 4) is 5.75 Å². The first-order valence-corrected chi connectivity index (χ1v) is 8.08. The minimum atomic E-state index is -0.122. The van der Waals surface area contributed by atoms with Gasteiger partial charge in [0.2, 0.25) is 5.91 Å². The van der Waals surface area contributed by atoms with E-state index in [-0.39, 0.29) is 17.9 Å². The van der Waals surface area contributed by atoms with Crippen molar-refractivity contribution in [2.75, 3.05) is 7.11 Å². The first-order valence-electron chi connectivity index (χ1n) is 8.08. The number of fused-ring (bicyclic) bond motifs is 1. The first kappa shape index (κ1) is 16.8. The highest BCUT2D eigenvalue weighted by molar-refractivity contribution is 5.87. The topological polar surface area (TPSA) is 60.3 Å². The Labute approximate surface area is 145 Å².